The summed E-state index contributed by atoms with van der Waals surface area (Å²) in [6.07, 6.45) is -26.5. The highest BCUT2D eigenvalue weighted by molar-refractivity contribution is 5.87. The summed E-state index contributed by atoms with van der Waals surface area (Å²) < 4.78 is 48.2. The van der Waals surface area contributed by atoms with Gasteiger partial charge in [-0.05, 0) is 92.8 Å². The van der Waals surface area contributed by atoms with E-state index in [1.807, 2.05) is 20.8 Å². The number of esters is 2. The van der Waals surface area contributed by atoms with Crippen LogP contribution < -0.4 is 0 Å². The summed E-state index contributed by atoms with van der Waals surface area (Å²) >= 11 is 0. The van der Waals surface area contributed by atoms with Gasteiger partial charge in [0, 0.05) is 23.3 Å². The molecule has 24 heteroatoms. The first-order valence-corrected chi connectivity index (χ1v) is 27.7. The van der Waals surface area contributed by atoms with Crippen LogP contribution in [0.2, 0.25) is 0 Å². The average Bonchev–Trinajstić information content (AvgIpc) is 3.25. The molecule has 8 rings (SSSR count). The second kappa shape index (κ2) is 22.6. The average molecular weight is 1130 g/mol. The van der Waals surface area contributed by atoms with E-state index in [4.69, 9.17) is 37.9 Å². The van der Waals surface area contributed by atoms with Crippen LogP contribution in [0.1, 0.15) is 107 Å². The fraction of sp³-hybridized carbons (Fsp3) is 0.873. The van der Waals surface area contributed by atoms with Crippen molar-refractivity contribution in [2.24, 2.45) is 50.2 Å². The molecule has 0 aromatic heterocycles. The predicted octanol–water partition coefficient (Wildman–Crippen LogP) is -1.32. The summed E-state index contributed by atoms with van der Waals surface area (Å²) in [5.41, 5.74) is -3.78. The second-order valence-corrected chi connectivity index (χ2v) is 25.5. The van der Waals surface area contributed by atoms with E-state index in [9.17, 15) is 80.8 Å². The third-order valence-electron chi connectivity index (χ3n) is 21.1. The largest absolute Gasteiger partial charge is 0.479 e. The minimum absolute atomic E-state index is 0.0849. The maximum atomic E-state index is 13.4. The smallest absolute Gasteiger partial charge is 0.335 e. The number of carbonyl (C=O) groups is 3. The van der Waals surface area contributed by atoms with Crippen molar-refractivity contribution >= 4 is 17.9 Å². The molecule has 5 aliphatic carbocycles. The lowest BCUT2D eigenvalue weighted by molar-refractivity contribution is -0.392. The number of hydrogen-bond acceptors (Lipinski definition) is 23. The molecule has 4 saturated carbocycles. The van der Waals surface area contributed by atoms with Crippen molar-refractivity contribution in [1.82, 2.24) is 0 Å². The molecule has 0 bridgehead atoms. The first-order valence-electron chi connectivity index (χ1n) is 27.7. The number of aliphatic hydroxyl groups is 12. The Morgan fingerprint density at radius 1 is 0.658 bits per heavy atom. The molecular weight excluding hydrogens is 1040 g/mol. The van der Waals surface area contributed by atoms with Gasteiger partial charge in [-0.3, -0.25) is 4.79 Å². The normalized spacial score (nSPS) is 50.6. The number of aliphatic hydroxyl groups excluding tert-OH is 12. The van der Waals surface area contributed by atoms with Gasteiger partial charge in [-0.2, -0.15) is 0 Å². The van der Waals surface area contributed by atoms with Crippen molar-refractivity contribution in [3.8, 4) is 0 Å². The third kappa shape index (κ3) is 9.94. The number of carbonyl (C=O) groups excluding carboxylic acids is 2. The molecule has 9 unspecified atom stereocenters. The zero-order valence-corrected chi connectivity index (χ0v) is 46.4. The van der Waals surface area contributed by atoms with Crippen molar-refractivity contribution < 1.29 is 119 Å². The molecule has 0 spiro atoms. The number of allylic oxidation sites excluding steroid dienone is 3. The summed E-state index contributed by atoms with van der Waals surface area (Å²) in [6.45, 7) is 14.1. The van der Waals surface area contributed by atoms with Crippen LogP contribution in [0.25, 0.3) is 0 Å². The Morgan fingerprint density at radius 2 is 1.24 bits per heavy atom. The minimum atomic E-state index is -2.18. The van der Waals surface area contributed by atoms with Crippen molar-refractivity contribution in [1.29, 1.82) is 0 Å². The van der Waals surface area contributed by atoms with E-state index < -0.39 is 199 Å². The lowest BCUT2D eigenvalue weighted by atomic mass is 9.33. The number of ether oxygens (including phenoxy) is 8. The molecule has 27 atom stereocenters. The number of aliphatic carboxylic acids is 1. The van der Waals surface area contributed by atoms with Gasteiger partial charge in [0.1, 0.15) is 79.4 Å². The first-order chi connectivity index (χ1) is 36.9. The van der Waals surface area contributed by atoms with Gasteiger partial charge in [0.2, 0.25) is 0 Å². The van der Waals surface area contributed by atoms with Crippen molar-refractivity contribution in [3.63, 3.8) is 0 Å². The Labute approximate surface area is 459 Å². The predicted molar refractivity (Wildman–Crippen MR) is 269 cm³/mol. The van der Waals surface area contributed by atoms with Crippen molar-refractivity contribution in [3.05, 3.63) is 23.3 Å². The molecular formula is C55H86O24. The number of rotatable bonds is 14. The topological polar surface area (TPSA) is 388 Å². The van der Waals surface area contributed by atoms with Gasteiger partial charge in [0.05, 0.1) is 44.1 Å². The van der Waals surface area contributed by atoms with E-state index in [1.165, 1.54) is 6.92 Å². The number of fused-ring (bicyclic) bond motifs is 7. The van der Waals surface area contributed by atoms with Crippen LogP contribution in [0.15, 0.2) is 23.3 Å². The van der Waals surface area contributed by atoms with E-state index in [-0.39, 0.29) is 24.7 Å². The van der Waals surface area contributed by atoms with Gasteiger partial charge in [-0.15, -0.1) is 0 Å². The molecule has 8 aliphatic rings. The van der Waals surface area contributed by atoms with Crippen LogP contribution >= 0.6 is 0 Å². The van der Waals surface area contributed by atoms with Crippen LogP contribution in [-0.2, 0) is 52.3 Å². The third-order valence-corrected chi connectivity index (χ3v) is 21.1. The Morgan fingerprint density at radius 3 is 1.76 bits per heavy atom. The van der Waals surface area contributed by atoms with Gasteiger partial charge in [0.15, 0.2) is 25.0 Å². The standard InChI is InChI=1S/C55H86O24/c1-10-23(2)46(71)79-43-44(72-24(3)60)55(22-59)26(17-50(43,4)5)25-11-12-30-51(6)15-14-32(52(7,21-58)29(51)13-16-53(30,8)54(25,9)18-31(55)61)75-49-41(77-48-38(67)36(65)34(63)28(20-57)74-48)39(68)40(42(78-49)45(69)70)76-47-37(66)35(64)33(62)27(19-56)73-47/h10-11,26-44,47-49,56-59,61-68H,12-22H2,1-9H3,(H,69,70)/b23-10-/t26?,27?,28?,29?,30?,31-,32+,33-,34-,35-,36-,37?,38?,39-,40+,41?,42?,43+,44+,47+,48+,49-,51+,52-,53-,54-,55+/m1/s1. The van der Waals surface area contributed by atoms with Gasteiger partial charge < -0.3 is 104 Å². The molecule has 7 fully saturated rings. The molecule has 0 aromatic rings. The summed E-state index contributed by atoms with van der Waals surface area (Å²) in [4.78, 5) is 39.5. The summed E-state index contributed by atoms with van der Waals surface area (Å²) in [5.74, 6) is -3.88. The van der Waals surface area contributed by atoms with E-state index in [0.717, 1.165) is 5.57 Å². The zero-order chi connectivity index (χ0) is 58.4. The van der Waals surface area contributed by atoms with Crippen LogP contribution in [0.5, 0.6) is 0 Å². The Kier molecular flexibility index (Phi) is 17.8. The quantitative estimate of drug-likeness (QED) is 0.0415. The second-order valence-electron chi connectivity index (χ2n) is 25.5. The van der Waals surface area contributed by atoms with Crippen molar-refractivity contribution in [2.45, 2.75) is 224 Å². The highest BCUT2D eigenvalue weighted by Crippen LogP contribution is 2.76. The molecule has 0 amide bonds. The first kappa shape index (κ1) is 62.2. The van der Waals surface area contributed by atoms with E-state index in [2.05, 4.69) is 26.8 Å². The molecule has 0 radical (unpaired) electrons. The van der Waals surface area contributed by atoms with E-state index >= 15 is 0 Å². The van der Waals surface area contributed by atoms with Crippen LogP contribution in [0.3, 0.4) is 0 Å². The van der Waals surface area contributed by atoms with Crippen LogP contribution in [0, 0.1) is 50.2 Å². The van der Waals surface area contributed by atoms with Gasteiger partial charge in [0.25, 0.3) is 0 Å². The van der Waals surface area contributed by atoms with E-state index in [1.54, 1.807) is 19.9 Å². The van der Waals surface area contributed by atoms with Gasteiger partial charge in [-0.1, -0.05) is 59.3 Å². The monoisotopic (exact) mass is 1130 g/mol. The maximum Gasteiger partial charge on any atom is 0.335 e. The molecule has 3 saturated heterocycles. The Hall–Kier alpha value is -2.83. The molecule has 3 aliphatic heterocycles. The summed E-state index contributed by atoms with van der Waals surface area (Å²) in [6, 6.07) is 0. The summed E-state index contributed by atoms with van der Waals surface area (Å²) in [5, 5.41) is 143. The molecule has 24 nitrogen and oxygen atoms in total. The number of carboxylic acids is 1. The fourth-order valence-corrected chi connectivity index (χ4v) is 16.2. The zero-order valence-electron chi connectivity index (χ0n) is 46.4. The number of hydrogen-bond donors (Lipinski definition) is 13. The number of carboxylic acid groups (broad SMARTS) is 1. The lowest BCUT2D eigenvalue weighted by Gasteiger charge is -2.72. The molecule has 0 aromatic carbocycles. The van der Waals surface area contributed by atoms with Crippen LogP contribution in [0.4, 0.5) is 0 Å². The molecule has 450 valence electrons. The Balaban J connectivity index is 1.12. The molecule has 79 heavy (non-hydrogen) atoms. The lowest BCUT2D eigenvalue weighted by Crippen LogP contribution is -2.72. The summed E-state index contributed by atoms with van der Waals surface area (Å²) in [7, 11) is 0. The minimum Gasteiger partial charge on any atom is -0.479 e. The molecule has 3 heterocycles. The van der Waals surface area contributed by atoms with E-state index in [0.29, 0.717) is 37.7 Å². The fourth-order valence-electron chi connectivity index (χ4n) is 16.2. The van der Waals surface area contributed by atoms with Gasteiger partial charge >= 0.3 is 17.9 Å². The maximum absolute atomic E-state index is 13.4. The van der Waals surface area contributed by atoms with Crippen LogP contribution in [-0.4, -0.2) is 227 Å². The Bertz CT molecular complexity index is 2290. The highest BCUT2D eigenvalue weighted by atomic mass is 16.8. The van der Waals surface area contributed by atoms with Gasteiger partial charge in [-0.25, -0.2) is 9.59 Å². The highest BCUT2D eigenvalue weighted by Gasteiger charge is 2.74. The molecule has 13 N–H and O–H groups in total. The SMILES string of the molecule is C/C=C(/C)C(=O)O[C@H]1[C@H](OC(C)=O)[C@@]2(CO)C(CC1(C)C)C1=CCC3[C@@]4(C)CC[C@H](O[C@@H]5OC(C(=O)O)[C@@H](O[C@@H]6OC(CO)[C@@H](O)[C@@H](O)C6O)[C@@H](O)C5O[C@@H]5OC(CO)[C@@H](O)[C@@H](O)C5O)[C@](C)(CO)C4CC[C@@]3(C)[C@]1(C)C[C@H]2O. The van der Waals surface area contributed by atoms with Crippen molar-refractivity contribution in [2.75, 3.05) is 26.4 Å².